The fourth-order valence-electron chi connectivity index (χ4n) is 6.36. The van der Waals surface area contributed by atoms with Gasteiger partial charge in [0, 0.05) is 18.0 Å². The maximum Gasteiger partial charge on any atom is 0.407 e. The minimum atomic E-state index is -1.06. The fourth-order valence-corrected chi connectivity index (χ4v) is 6.36. The summed E-state index contributed by atoms with van der Waals surface area (Å²) in [4.78, 5) is 65.8. The van der Waals surface area contributed by atoms with E-state index < -0.39 is 66.6 Å². The largest absolute Gasteiger partial charge is 0.447 e. The molecule has 11 nitrogen and oxygen atoms in total. The highest BCUT2D eigenvalue weighted by Gasteiger charge is 2.70. The SMILES string of the molecule is CC(C)(C)[C@H](NC(=O)OCCF)C(=O)N1C[C@H]2[C@@H]([C@H]1C(=O)N[C@@H](C[C@@H]1CC3(CC3)NC1=O)C(N)=O)C2(C)C. The van der Waals surface area contributed by atoms with Crippen LogP contribution in [-0.2, 0) is 23.9 Å². The van der Waals surface area contributed by atoms with Crippen molar-refractivity contribution in [2.75, 3.05) is 19.8 Å². The van der Waals surface area contributed by atoms with Gasteiger partial charge in [-0.1, -0.05) is 34.6 Å². The molecule has 1 spiro atoms. The van der Waals surface area contributed by atoms with E-state index in [1.54, 1.807) is 20.8 Å². The number of carbonyl (C=O) groups is 5. The van der Waals surface area contributed by atoms with Crippen LogP contribution >= 0.6 is 0 Å². The van der Waals surface area contributed by atoms with Gasteiger partial charge in [-0.15, -0.1) is 0 Å². The first-order chi connectivity index (χ1) is 17.6. The molecule has 4 rings (SSSR count). The molecule has 6 atom stereocenters. The fraction of sp³-hybridized carbons (Fsp3) is 0.808. The van der Waals surface area contributed by atoms with Crippen molar-refractivity contribution in [1.29, 1.82) is 0 Å². The summed E-state index contributed by atoms with van der Waals surface area (Å²) >= 11 is 0. The summed E-state index contributed by atoms with van der Waals surface area (Å²) in [5, 5.41) is 8.26. The third kappa shape index (κ3) is 5.31. The first-order valence-corrected chi connectivity index (χ1v) is 13.3. The second-order valence-corrected chi connectivity index (χ2v) is 13.0. The van der Waals surface area contributed by atoms with Gasteiger partial charge in [0.1, 0.15) is 31.4 Å². The van der Waals surface area contributed by atoms with Crippen molar-refractivity contribution >= 4 is 29.7 Å². The number of halogens is 1. The highest BCUT2D eigenvalue weighted by atomic mass is 19.1. The molecule has 0 bridgehead atoms. The van der Waals surface area contributed by atoms with E-state index >= 15 is 0 Å². The Morgan fingerprint density at radius 3 is 2.39 bits per heavy atom. The molecule has 212 valence electrons. The van der Waals surface area contributed by atoms with Gasteiger partial charge in [-0.25, -0.2) is 9.18 Å². The van der Waals surface area contributed by atoms with Gasteiger partial charge in [-0.3, -0.25) is 19.2 Å². The number of nitrogens with zero attached hydrogens (tertiary/aromatic N) is 1. The van der Waals surface area contributed by atoms with Crippen LogP contribution in [0.25, 0.3) is 0 Å². The number of nitrogens with one attached hydrogen (secondary N) is 3. The van der Waals surface area contributed by atoms with Crippen LogP contribution in [0.4, 0.5) is 9.18 Å². The highest BCUT2D eigenvalue weighted by molar-refractivity contribution is 5.95. The second-order valence-electron chi connectivity index (χ2n) is 13.0. The van der Waals surface area contributed by atoms with Crippen LogP contribution in [0, 0.1) is 28.6 Å². The van der Waals surface area contributed by atoms with Crippen LogP contribution in [0.2, 0.25) is 0 Å². The van der Waals surface area contributed by atoms with Crippen LogP contribution in [0.15, 0.2) is 0 Å². The zero-order valence-electron chi connectivity index (χ0n) is 22.8. The molecule has 2 heterocycles. The monoisotopic (exact) mass is 537 g/mol. The third-order valence-electron chi connectivity index (χ3n) is 8.88. The molecule has 4 aliphatic rings. The van der Waals surface area contributed by atoms with Gasteiger partial charge in [0.25, 0.3) is 0 Å². The van der Waals surface area contributed by atoms with Gasteiger partial charge in [-0.2, -0.15) is 0 Å². The van der Waals surface area contributed by atoms with Crippen molar-refractivity contribution < 1.29 is 33.1 Å². The van der Waals surface area contributed by atoms with Crippen molar-refractivity contribution in [3.8, 4) is 0 Å². The van der Waals surface area contributed by atoms with E-state index in [0.717, 1.165) is 12.8 Å². The molecular formula is C26H40FN5O6. The Kier molecular flexibility index (Phi) is 7.15. The number of piperidine rings is 1. The zero-order chi connectivity index (χ0) is 28.2. The molecule has 0 radical (unpaired) electrons. The normalized spacial score (nSPS) is 29.6. The molecule has 4 fully saturated rings. The Hall–Kier alpha value is -2.92. The quantitative estimate of drug-likeness (QED) is 0.337. The average Bonchev–Trinajstić information content (AvgIpc) is 3.53. The molecule has 2 aliphatic carbocycles. The van der Waals surface area contributed by atoms with E-state index in [1.807, 2.05) is 13.8 Å². The number of nitrogens with two attached hydrogens (primary N) is 1. The summed E-state index contributed by atoms with van der Waals surface area (Å²) in [5.41, 5.74) is 4.54. The van der Waals surface area contributed by atoms with Crippen molar-refractivity contribution in [2.45, 2.75) is 84.0 Å². The summed E-state index contributed by atoms with van der Waals surface area (Å²) in [7, 11) is 0. The van der Waals surface area contributed by atoms with Gasteiger partial charge < -0.3 is 31.3 Å². The summed E-state index contributed by atoms with van der Waals surface area (Å²) in [6.07, 6.45) is 1.60. The number of ether oxygens (including phenoxy) is 1. The summed E-state index contributed by atoms with van der Waals surface area (Å²) in [6.45, 7) is 8.40. The molecule has 0 aromatic heterocycles. The average molecular weight is 538 g/mol. The molecule has 2 saturated carbocycles. The number of rotatable bonds is 9. The molecular weight excluding hydrogens is 497 g/mol. The van der Waals surface area contributed by atoms with Gasteiger partial charge in [-0.05, 0) is 48.3 Å². The lowest BCUT2D eigenvalue weighted by Crippen LogP contribution is -2.60. The van der Waals surface area contributed by atoms with Crippen LogP contribution < -0.4 is 21.7 Å². The zero-order valence-corrected chi connectivity index (χ0v) is 22.8. The Balaban J connectivity index is 1.50. The molecule has 5 N–H and O–H groups in total. The number of carbonyl (C=O) groups excluding carboxylic acids is 5. The van der Waals surface area contributed by atoms with Crippen molar-refractivity contribution in [3.63, 3.8) is 0 Å². The molecule has 0 unspecified atom stereocenters. The molecule has 12 heteroatoms. The van der Waals surface area contributed by atoms with E-state index in [2.05, 4.69) is 16.0 Å². The van der Waals surface area contributed by atoms with Crippen LogP contribution in [0.1, 0.15) is 60.3 Å². The van der Waals surface area contributed by atoms with E-state index in [4.69, 9.17) is 10.5 Å². The Morgan fingerprint density at radius 1 is 1.21 bits per heavy atom. The van der Waals surface area contributed by atoms with Crippen LogP contribution in [-0.4, -0.2) is 78.1 Å². The highest BCUT2D eigenvalue weighted by Crippen LogP contribution is 2.65. The minimum Gasteiger partial charge on any atom is -0.447 e. The standard InChI is InChI=1S/C26H40FN5O6/c1-24(2,3)18(30-23(37)38-9-8-27)22(36)32-12-14-16(25(14,4)5)17(32)21(35)29-15(19(28)33)10-13-11-26(6-7-26)31-20(13)34/h13-18H,6-12H2,1-5H3,(H2,28,33)(H,29,35)(H,30,37)(H,31,34)/t13-,14+,15+,16+,17+,18-/m1/s1. The first kappa shape index (κ1) is 28.1. The number of fused-ring (bicyclic) bond motifs is 1. The summed E-state index contributed by atoms with van der Waals surface area (Å²) < 4.78 is 17.2. The predicted octanol–water partition coefficient (Wildman–Crippen LogP) is 0.609. The minimum absolute atomic E-state index is 0.0728. The number of alkyl halides is 1. The molecule has 5 amide bonds. The number of hydrogen-bond donors (Lipinski definition) is 4. The Labute approximate surface area is 222 Å². The predicted molar refractivity (Wildman–Crippen MR) is 134 cm³/mol. The number of likely N-dealkylation sites (tertiary alicyclic amines) is 1. The number of primary amides is 1. The summed E-state index contributed by atoms with van der Waals surface area (Å²) in [6, 6.07) is -2.96. The third-order valence-corrected chi connectivity index (χ3v) is 8.88. The van der Waals surface area contributed by atoms with Crippen LogP contribution in [0.3, 0.4) is 0 Å². The van der Waals surface area contributed by atoms with E-state index in [-0.39, 0.29) is 35.1 Å². The maximum atomic E-state index is 13.8. The van der Waals surface area contributed by atoms with Gasteiger partial charge >= 0.3 is 6.09 Å². The molecule has 2 saturated heterocycles. The lowest BCUT2D eigenvalue weighted by atomic mass is 9.85. The number of alkyl carbamates (subject to hydrolysis) is 1. The number of hydrogen-bond acceptors (Lipinski definition) is 6. The van der Waals surface area contributed by atoms with E-state index in [0.29, 0.717) is 13.0 Å². The maximum absolute atomic E-state index is 13.8. The number of amides is 5. The van der Waals surface area contributed by atoms with Crippen LogP contribution in [0.5, 0.6) is 0 Å². The Morgan fingerprint density at radius 2 is 1.87 bits per heavy atom. The van der Waals surface area contributed by atoms with Crippen molar-refractivity contribution in [2.24, 2.45) is 34.3 Å². The van der Waals surface area contributed by atoms with E-state index in [1.165, 1.54) is 4.90 Å². The molecule has 0 aromatic rings. The molecule has 2 aliphatic heterocycles. The lowest BCUT2D eigenvalue weighted by molar-refractivity contribution is -0.144. The smallest absolute Gasteiger partial charge is 0.407 e. The van der Waals surface area contributed by atoms with Gasteiger partial charge in [0.2, 0.25) is 23.6 Å². The topological polar surface area (TPSA) is 160 Å². The van der Waals surface area contributed by atoms with E-state index in [9.17, 15) is 28.4 Å². The van der Waals surface area contributed by atoms with Crippen molar-refractivity contribution in [3.05, 3.63) is 0 Å². The van der Waals surface area contributed by atoms with Gasteiger partial charge in [0.05, 0.1) is 0 Å². The molecule has 38 heavy (non-hydrogen) atoms. The van der Waals surface area contributed by atoms with Crippen molar-refractivity contribution in [1.82, 2.24) is 20.9 Å². The molecule has 0 aromatic carbocycles. The van der Waals surface area contributed by atoms with Gasteiger partial charge in [0.15, 0.2) is 0 Å². The summed E-state index contributed by atoms with van der Waals surface area (Å²) in [5.74, 6) is -2.33. The first-order valence-electron chi connectivity index (χ1n) is 13.3. The lowest BCUT2D eigenvalue weighted by Gasteiger charge is -2.37. The Bertz CT molecular complexity index is 1020. The second kappa shape index (κ2) is 9.68.